The third-order valence-electron chi connectivity index (χ3n) is 3.90. The summed E-state index contributed by atoms with van der Waals surface area (Å²) in [6.07, 6.45) is 0.752. The predicted molar refractivity (Wildman–Crippen MR) is 100 cm³/mol. The number of carboxylic acid groups (broad SMARTS) is 1. The van der Waals surface area contributed by atoms with Gasteiger partial charge >= 0.3 is 5.97 Å². The Morgan fingerprint density at radius 3 is 2.35 bits per heavy atom. The van der Waals surface area contributed by atoms with Crippen LogP contribution in [0.15, 0.2) is 71.5 Å². The third-order valence-corrected chi connectivity index (χ3v) is 3.90. The largest absolute Gasteiger partial charge is 0.480 e. The minimum Gasteiger partial charge on any atom is -0.480 e. The van der Waals surface area contributed by atoms with Crippen LogP contribution >= 0.6 is 0 Å². The molecule has 6 heteroatoms. The summed E-state index contributed by atoms with van der Waals surface area (Å²) in [6.45, 7) is 0.0808. The number of rotatable bonds is 7. The predicted octanol–water partition coefficient (Wildman–Crippen LogP) is 2.65. The van der Waals surface area contributed by atoms with E-state index in [9.17, 15) is 9.59 Å². The Morgan fingerprint density at radius 2 is 1.69 bits per heavy atom. The zero-order chi connectivity index (χ0) is 18.4. The van der Waals surface area contributed by atoms with Crippen LogP contribution in [0, 0.1) is 0 Å². The average molecular weight is 349 g/mol. The first kappa shape index (κ1) is 17.4. The first-order valence-electron chi connectivity index (χ1n) is 8.30. The molecule has 0 amide bonds. The van der Waals surface area contributed by atoms with Crippen molar-refractivity contribution >= 4 is 11.7 Å². The number of anilines is 1. The number of hydrogen-bond acceptors (Lipinski definition) is 4. The Kier molecular flexibility index (Phi) is 5.43. The lowest BCUT2D eigenvalue weighted by molar-refractivity contribution is -0.137. The molecule has 132 valence electrons. The lowest BCUT2D eigenvalue weighted by Crippen LogP contribution is -2.29. The molecule has 26 heavy (non-hydrogen) atoms. The van der Waals surface area contributed by atoms with Crippen molar-refractivity contribution in [3.05, 3.63) is 82.6 Å². The number of hydrogen-bond donors (Lipinski definition) is 2. The highest BCUT2D eigenvalue weighted by atomic mass is 16.4. The molecule has 6 nitrogen and oxygen atoms in total. The molecular formula is C20H19N3O3. The Bertz CT molecular complexity index is 938. The fourth-order valence-electron chi connectivity index (χ4n) is 2.64. The van der Waals surface area contributed by atoms with Gasteiger partial charge in [0, 0.05) is 12.1 Å². The highest BCUT2D eigenvalue weighted by Gasteiger charge is 2.12. The quantitative estimate of drug-likeness (QED) is 0.685. The van der Waals surface area contributed by atoms with Crippen molar-refractivity contribution < 1.29 is 9.90 Å². The van der Waals surface area contributed by atoms with E-state index >= 15 is 0 Å². The first-order valence-corrected chi connectivity index (χ1v) is 8.30. The second kappa shape index (κ2) is 8.11. The van der Waals surface area contributed by atoms with Crippen molar-refractivity contribution in [1.29, 1.82) is 0 Å². The minimum atomic E-state index is -1.11. The normalized spacial score (nSPS) is 10.5. The number of aliphatic carboxylic acids is 1. The van der Waals surface area contributed by atoms with Gasteiger partial charge in [-0.3, -0.25) is 9.59 Å². The van der Waals surface area contributed by atoms with Crippen LogP contribution in [0.1, 0.15) is 5.56 Å². The van der Waals surface area contributed by atoms with Gasteiger partial charge in [0.05, 0.1) is 5.69 Å². The molecule has 3 aromatic rings. The van der Waals surface area contributed by atoms with Crippen molar-refractivity contribution in [2.45, 2.75) is 13.0 Å². The molecule has 2 aromatic carbocycles. The molecule has 0 aliphatic heterocycles. The molecule has 0 aliphatic rings. The molecule has 0 bridgehead atoms. The van der Waals surface area contributed by atoms with Gasteiger partial charge in [-0.05, 0) is 18.1 Å². The minimum absolute atomic E-state index is 0.344. The van der Waals surface area contributed by atoms with E-state index < -0.39 is 18.1 Å². The van der Waals surface area contributed by atoms with Gasteiger partial charge in [0.2, 0.25) is 0 Å². The highest BCUT2D eigenvalue weighted by Crippen LogP contribution is 2.17. The van der Waals surface area contributed by atoms with Crippen molar-refractivity contribution in [2.75, 3.05) is 11.9 Å². The molecule has 1 aromatic heterocycles. The summed E-state index contributed by atoms with van der Waals surface area (Å²) in [7, 11) is 0. The van der Waals surface area contributed by atoms with Crippen molar-refractivity contribution in [3.63, 3.8) is 0 Å². The number of aromatic nitrogens is 2. The summed E-state index contributed by atoms with van der Waals surface area (Å²) in [6, 6.07) is 21.0. The van der Waals surface area contributed by atoms with Gasteiger partial charge in [0.15, 0.2) is 0 Å². The summed E-state index contributed by atoms with van der Waals surface area (Å²) >= 11 is 0. The van der Waals surface area contributed by atoms with Crippen molar-refractivity contribution in [2.24, 2.45) is 0 Å². The van der Waals surface area contributed by atoms with Crippen LogP contribution in [-0.4, -0.2) is 27.4 Å². The van der Waals surface area contributed by atoms with Crippen LogP contribution < -0.4 is 10.9 Å². The van der Waals surface area contributed by atoms with Crippen LogP contribution in [0.25, 0.3) is 11.3 Å². The number of carbonyl (C=O) groups is 1. The second-order valence-electron chi connectivity index (χ2n) is 5.83. The Balaban J connectivity index is 1.87. The molecule has 3 rings (SSSR count). The standard InChI is InChI=1S/C20H19N3O3/c24-19(25)14-23-20(26)18(21-12-11-15-7-3-1-4-8-15)13-17(22-23)16-9-5-2-6-10-16/h1-10,13,21H,11-12,14H2,(H,24,25). The lowest BCUT2D eigenvalue weighted by Gasteiger charge is -2.11. The van der Waals surface area contributed by atoms with E-state index in [0.717, 1.165) is 22.2 Å². The molecule has 1 heterocycles. The molecule has 0 aliphatic carbocycles. The molecule has 0 atom stereocenters. The van der Waals surface area contributed by atoms with Crippen LogP contribution in [-0.2, 0) is 17.8 Å². The molecular weight excluding hydrogens is 330 g/mol. The zero-order valence-corrected chi connectivity index (χ0v) is 14.1. The maximum atomic E-state index is 12.5. The smallest absolute Gasteiger partial charge is 0.325 e. The number of nitrogens with one attached hydrogen (secondary N) is 1. The van der Waals surface area contributed by atoms with Gasteiger partial charge in [-0.25, -0.2) is 4.68 Å². The number of nitrogens with zero attached hydrogens (tertiary/aromatic N) is 2. The maximum Gasteiger partial charge on any atom is 0.325 e. The molecule has 0 saturated heterocycles. The maximum absolute atomic E-state index is 12.5. The van der Waals surface area contributed by atoms with Gasteiger partial charge in [0.1, 0.15) is 12.2 Å². The monoisotopic (exact) mass is 349 g/mol. The summed E-state index contributed by atoms with van der Waals surface area (Å²) in [5, 5.41) is 16.4. The van der Waals surface area contributed by atoms with E-state index in [2.05, 4.69) is 10.4 Å². The number of carboxylic acids is 1. The molecule has 0 saturated carbocycles. The average Bonchev–Trinajstić information content (AvgIpc) is 2.66. The van der Waals surface area contributed by atoms with Gasteiger partial charge in [-0.2, -0.15) is 5.10 Å². The second-order valence-corrected chi connectivity index (χ2v) is 5.83. The zero-order valence-electron chi connectivity index (χ0n) is 14.1. The summed E-state index contributed by atoms with van der Waals surface area (Å²) in [4.78, 5) is 23.6. The molecule has 0 radical (unpaired) electrons. The third kappa shape index (κ3) is 4.36. The van der Waals surface area contributed by atoms with Gasteiger partial charge in [-0.1, -0.05) is 60.7 Å². The highest BCUT2D eigenvalue weighted by molar-refractivity contribution is 5.67. The fraction of sp³-hybridized carbons (Fsp3) is 0.150. The van der Waals surface area contributed by atoms with E-state index in [0.29, 0.717) is 17.9 Å². The van der Waals surface area contributed by atoms with Gasteiger partial charge < -0.3 is 10.4 Å². The van der Waals surface area contributed by atoms with E-state index in [1.807, 2.05) is 60.7 Å². The van der Waals surface area contributed by atoms with Crippen LogP contribution in [0.3, 0.4) is 0 Å². The Labute approximate surface area is 150 Å². The van der Waals surface area contributed by atoms with E-state index in [-0.39, 0.29) is 0 Å². The summed E-state index contributed by atoms with van der Waals surface area (Å²) in [5.41, 5.74) is 2.42. The Morgan fingerprint density at radius 1 is 1.04 bits per heavy atom. The van der Waals surface area contributed by atoms with E-state index in [4.69, 9.17) is 5.11 Å². The van der Waals surface area contributed by atoms with Gasteiger partial charge in [-0.15, -0.1) is 0 Å². The van der Waals surface area contributed by atoms with Gasteiger partial charge in [0.25, 0.3) is 5.56 Å². The van der Waals surface area contributed by atoms with E-state index in [1.165, 1.54) is 0 Å². The van der Waals surface area contributed by atoms with Crippen LogP contribution in [0.4, 0.5) is 5.69 Å². The summed E-state index contributed by atoms with van der Waals surface area (Å²) in [5.74, 6) is -1.11. The van der Waals surface area contributed by atoms with Crippen LogP contribution in [0.5, 0.6) is 0 Å². The SMILES string of the molecule is O=C(O)Cn1nc(-c2ccccc2)cc(NCCc2ccccc2)c1=O. The topological polar surface area (TPSA) is 84.2 Å². The molecule has 0 spiro atoms. The number of benzene rings is 2. The van der Waals surface area contributed by atoms with Crippen molar-refractivity contribution in [3.8, 4) is 11.3 Å². The Hall–Kier alpha value is -3.41. The fourth-order valence-corrected chi connectivity index (χ4v) is 2.64. The summed E-state index contributed by atoms with van der Waals surface area (Å²) < 4.78 is 0.982. The van der Waals surface area contributed by atoms with Crippen molar-refractivity contribution in [1.82, 2.24) is 9.78 Å². The van der Waals surface area contributed by atoms with Crippen LogP contribution in [0.2, 0.25) is 0 Å². The lowest BCUT2D eigenvalue weighted by atomic mass is 10.1. The molecule has 2 N–H and O–H groups in total. The first-order chi connectivity index (χ1) is 12.6. The molecule has 0 fully saturated rings. The molecule has 0 unspecified atom stereocenters. The van der Waals surface area contributed by atoms with E-state index in [1.54, 1.807) is 6.07 Å².